The fourth-order valence-corrected chi connectivity index (χ4v) is 2.11. The van der Waals surface area contributed by atoms with Crippen LogP contribution >= 0.6 is 15.9 Å². The van der Waals surface area contributed by atoms with Crippen molar-refractivity contribution in [2.75, 3.05) is 0 Å². The first kappa shape index (κ1) is 12.3. The molecule has 1 atom stereocenters. The van der Waals surface area contributed by atoms with Gasteiger partial charge in [-0.1, -0.05) is 0 Å². The Morgan fingerprint density at radius 2 is 2.00 bits per heavy atom. The number of rotatable bonds is 2. The van der Waals surface area contributed by atoms with Crippen molar-refractivity contribution in [3.05, 3.63) is 46.1 Å². The van der Waals surface area contributed by atoms with E-state index in [2.05, 4.69) is 15.9 Å². The van der Waals surface area contributed by atoms with Crippen molar-refractivity contribution < 1.29 is 13.2 Å². The van der Waals surface area contributed by atoms with Crippen LogP contribution in [0.1, 0.15) is 18.7 Å². The van der Waals surface area contributed by atoms with Crippen LogP contribution in [0.15, 0.2) is 33.2 Å². The molecular weight excluding hydrogens is 292 g/mol. The Bertz CT molecular complexity index is 528. The zero-order valence-electron chi connectivity index (χ0n) is 9.01. The summed E-state index contributed by atoms with van der Waals surface area (Å²) in [6, 6.07) is 5.02. The Morgan fingerprint density at radius 1 is 1.29 bits per heavy atom. The van der Waals surface area contributed by atoms with Gasteiger partial charge in [0, 0.05) is 10.5 Å². The highest BCUT2D eigenvalue weighted by molar-refractivity contribution is 9.10. The van der Waals surface area contributed by atoms with Gasteiger partial charge in [0.1, 0.15) is 23.2 Å². The molecule has 0 amide bonds. The molecule has 2 nitrogen and oxygen atoms in total. The molecule has 2 rings (SSSR count). The molecular formula is C12H10BrF2NO. The highest BCUT2D eigenvalue weighted by atomic mass is 79.9. The zero-order chi connectivity index (χ0) is 12.6. The second-order valence-corrected chi connectivity index (χ2v) is 4.59. The molecule has 0 aliphatic carbocycles. The number of hydrogen-bond donors (Lipinski definition) is 1. The number of furan rings is 1. The van der Waals surface area contributed by atoms with E-state index in [0.717, 1.165) is 6.07 Å². The number of halogens is 3. The van der Waals surface area contributed by atoms with Crippen molar-refractivity contribution >= 4 is 15.9 Å². The van der Waals surface area contributed by atoms with Crippen LogP contribution in [0.2, 0.25) is 0 Å². The average Bonchev–Trinajstić information content (AvgIpc) is 2.65. The molecule has 1 aromatic heterocycles. The topological polar surface area (TPSA) is 39.2 Å². The molecule has 0 saturated carbocycles. The standard InChI is InChI=1S/C12H10BrF2NO/c1-6(16)10-2-3-11(17-10)12-8(13)4-7(14)5-9(12)15/h2-6H,16H2,1H3. The van der Waals surface area contributed by atoms with Crippen LogP contribution in [0, 0.1) is 11.6 Å². The molecule has 90 valence electrons. The highest BCUT2D eigenvalue weighted by Crippen LogP contribution is 2.33. The summed E-state index contributed by atoms with van der Waals surface area (Å²) in [6.45, 7) is 1.76. The van der Waals surface area contributed by atoms with E-state index >= 15 is 0 Å². The highest BCUT2D eigenvalue weighted by Gasteiger charge is 2.16. The summed E-state index contributed by atoms with van der Waals surface area (Å²) in [4.78, 5) is 0. The minimum Gasteiger partial charge on any atom is -0.459 e. The summed E-state index contributed by atoms with van der Waals surface area (Å²) < 4.78 is 32.3. The van der Waals surface area contributed by atoms with Crippen LogP contribution in [-0.4, -0.2) is 0 Å². The van der Waals surface area contributed by atoms with Gasteiger partial charge in [0.15, 0.2) is 0 Å². The molecule has 1 heterocycles. The van der Waals surface area contributed by atoms with Crippen LogP contribution in [0.4, 0.5) is 8.78 Å². The molecule has 0 radical (unpaired) electrons. The van der Waals surface area contributed by atoms with E-state index in [1.54, 1.807) is 19.1 Å². The first-order chi connectivity index (χ1) is 7.99. The van der Waals surface area contributed by atoms with E-state index in [4.69, 9.17) is 10.2 Å². The van der Waals surface area contributed by atoms with Gasteiger partial charge in [0.05, 0.1) is 11.6 Å². The SMILES string of the molecule is CC(N)c1ccc(-c2c(F)cc(F)cc2Br)o1. The molecule has 2 aromatic rings. The molecule has 17 heavy (non-hydrogen) atoms. The summed E-state index contributed by atoms with van der Waals surface area (Å²) in [5, 5.41) is 0. The molecule has 0 aliphatic heterocycles. The maximum Gasteiger partial charge on any atom is 0.138 e. The van der Waals surface area contributed by atoms with Gasteiger partial charge in [-0.3, -0.25) is 0 Å². The molecule has 0 bridgehead atoms. The van der Waals surface area contributed by atoms with Crippen LogP contribution in [-0.2, 0) is 0 Å². The van der Waals surface area contributed by atoms with Gasteiger partial charge in [-0.05, 0) is 41.1 Å². The minimum atomic E-state index is -0.678. The maximum absolute atomic E-state index is 13.6. The Hall–Kier alpha value is -1.20. The normalized spacial score (nSPS) is 12.8. The maximum atomic E-state index is 13.6. The smallest absolute Gasteiger partial charge is 0.138 e. The van der Waals surface area contributed by atoms with E-state index in [1.807, 2.05) is 0 Å². The Labute approximate surface area is 106 Å². The Kier molecular flexibility index (Phi) is 3.31. The lowest BCUT2D eigenvalue weighted by Crippen LogP contribution is -2.02. The van der Waals surface area contributed by atoms with Crippen molar-refractivity contribution in [2.45, 2.75) is 13.0 Å². The van der Waals surface area contributed by atoms with Gasteiger partial charge < -0.3 is 10.2 Å². The van der Waals surface area contributed by atoms with Crippen molar-refractivity contribution in [1.82, 2.24) is 0 Å². The van der Waals surface area contributed by atoms with Gasteiger partial charge in [0.2, 0.25) is 0 Å². The summed E-state index contributed by atoms with van der Waals surface area (Å²) in [7, 11) is 0. The molecule has 1 aromatic carbocycles. The predicted octanol–water partition coefficient (Wildman–Crippen LogP) is 4.01. The van der Waals surface area contributed by atoms with Gasteiger partial charge >= 0.3 is 0 Å². The third-order valence-electron chi connectivity index (χ3n) is 2.33. The van der Waals surface area contributed by atoms with Crippen LogP contribution in [0.3, 0.4) is 0 Å². The fraction of sp³-hybridized carbons (Fsp3) is 0.167. The summed E-state index contributed by atoms with van der Waals surface area (Å²) >= 11 is 3.11. The summed E-state index contributed by atoms with van der Waals surface area (Å²) in [6.07, 6.45) is 0. The van der Waals surface area contributed by atoms with Gasteiger partial charge in [0.25, 0.3) is 0 Å². The van der Waals surface area contributed by atoms with Crippen molar-refractivity contribution in [2.24, 2.45) is 5.73 Å². The zero-order valence-corrected chi connectivity index (χ0v) is 10.6. The predicted molar refractivity (Wildman–Crippen MR) is 64.4 cm³/mol. The van der Waals surface area contributed by atoms with E-state index in [1.165, 1.54) is 6.07 Å². The lowest BCUT2D eigenvalue weighted by molar-refractivity contribution is 0.486. The molecule has 0 spiro atoms. The Morgan fingerprint density at radius 3 is 2.53 bits per heavy atom. The summed E-state index contributed by atoms with van der Waals surface area (Å²) in [5.74, 6) is -0.447. The lowest BCUT2D eigenvalue weighted by Gasteiger charge is -2.04. The Balaban J connectivity index is 2.52. The van der Waals surface area contributed by atoms with Crippen molar-refractivity contribution in [1.29, 1.82) is 0 Å². The van der Waals surface area contributed by atoms with E-state index in [-0.39, 0.29) is 11.6 Å². The van der Waals surface area contributed by atoms with E-state index < -0.39 is 11.6 Å². The quantitative estimate of drug-likeness (QED) is 0.910. The molecule has 0 saturated heterocycles. The minimum absolute atomic E-state index is 0.193. The molecule has 1 unspecified atom stereocenters. The lowest BCUT2D eigenvalue weighted by atomic mass is 10.1. The first-order valence-electron chi connectivity index (χ1n) is 4.99. The summed E-state index contributed by atoms with van der Waals surface area (Å²) in [5.41, 5.74) is 5.84. The number of nitrogens with two attached hydrogens (primary N) is 1. The molecule has 5 heteroatoms. The van der Waals surface area contributed by atoms with Gasteiger partial charge in [-0.15, -0.1) is 0 Å². The van der Waals surface area contributed by atoms with Crippen LogP contribution in [0.5, 0.6) is 0 Å². The number of benzene rings is 1. The van der Waals surface area contributed by atoms with Gasteiger partial charge in [-0.25, -0.2) is 8.78 Å². The van der Waals surface area contributed by atoms with Crippen LogP contribution in [0.25, 0.3) is 11.3 Å². The fourth-order valence-electron chi connectivity index (χ4n) is 1.51. The molecule has 0 fully saturated rings. The molecule has 0 aliphatic rings. The van der Waals surface area contributed by atoms with E-state index in [0.29, 0.717) is 16.0 Å². The van der Waals surface area contributed by atoms with Crippen molar-refractivity contribution in [3.8, 4) is 11.3 Å². The average molecular weight is 302 g/mol. The van der Waals surface area contributed by atoms with Crippen LogP contribution < -0.4 is 5.73 Å². The van der Waals surface area contributed by atoms with Gasteiger partial charge in [-0.2, -0.15) is 0 Å². The first-order valence-corrected chi connectivity index (χ1v) is 5.78. The second-order valence-electron chi connectivity index (χ2n) is 3.74. The molecule has 2 N–H and O–H groups in total. The number of hydrogen-bond acceptors (Lipinski definition) is 2. The largest absolute Gasteiger partial charge is 0.459 e. The third-order valence-corrected chi connectivity index (χ3v) is 2.95. The monoisotopic (exact) mass is 301 g/mol. The van der Waals surface area contributed by atoms with Crippen molar-refractivity contribution in [3.63, 3.8) is 0 Å². The van der Waals surface area contributed by atoms with E-state index in [9.17, 15) is 8.78 Å². The third kappa shape index (κ3) is 2.40. The second kappa shape index (κ2) is 4.58.